The molecule has 31 heavy (non-hydrogen) atoms. The third-order valence-corrected chi connectivity index (χ3v) is 5.24. The van der Waals surface area contributed by atoms with Gasteiger partial charge in [0, 0.05) is 11.6 Å². The first-order valence-corrected chi connectivity index (χ1v) is 9.39. The fraction of sp³-hybridized carbons (Fsp3) is 0.200. The smallest absolute Gasteiger partial charge is 0.434 e. The van der Waals surface area contributed by atoms with Crippen LogP contribution in [0.25, 0.3) is 11.0 Å². The second-order valence-corrected chi connectivity index (χ2v) is 7.17. The molecule has 0 bridgehead atoms. The topological polar surface area (TPSA) is 84.4 Å². The zero-order valence-corrected chi connectivity index (χ0v) is 16.6. The lowest BCUT2D eigenvalue weighted by atomic mass is 9.95. The first-order valence-electron chi connectivity index (χ1n) is 8.95. The van der Waals surface area contributed by atoms with E-state index in [9.17, 15) is 22.8 Å². The lowest BCUT2D eigenvalue weighted by Gasteiger charge is -2.44. The minimum Gasteiger partial charge on any atom is -0.497 e. The van der Waals surface area contributed by atoms with Gasteiger partial charge in [0.25, 0.3) is 11.8 Å². The van der Waals surface area contributed by atoms with Crippen molar-refractivity contribution in [1.82, 2.24) is 20.4 Å². The number of hydrogen-bond acceptors (Lipinski definition) is 5. The number of rotatable bonds is 4. The van der Waals surface area contributed by atoms with Gasteiger partial charge in [-0.15, -0.1) is 11.6 Å². The molecule has 3 heterocycles. The summed E-state index contributed by atoms with van der Waals surface area (Å²) in [6.07, 6.45) is -3.60. The Morgan fingerprint density at radius 1 is 1.23 bits per heavy atom. The third kappa shape index (κ3) is 3.74. The molecule has 1 aliphatic rings. The zero-order chi connectivity index (χ0) is 22.3. The summed E-state index contributed by atoms with van der Waals surface area (Å²) in [4.78, 5) is 32.3. The fourth-order valence-corrected chi connectivity index (χ4v) is 3.63. The average Bonchev–Trinajstić information content (AvgIpc) is 2.77. The molecule has 1 N–H and O–H groups in total. The number of halogens is 4. The number of aromatic nitrogens is 2. The standard InChI is InChI=1S/C20H14ClF3N4O3/c1-31-12-6-4-10(5-7-12)15-14(21)19(30)28(15)27-18(29)13-9-11-3-2-8-25-17(11)26-16(13)20(22,23)24/h2-9,14-15H,1H3,(H,27,29). The van der Waals surface area contributed by atoms with E-state index in [-0.39, 0.29) is 11.0 Å². The van der Waals surface area contributed by atoms with E-state index < -0.39 is 40.7 Å². The summed E-state index contributed by atoms with van der Waals surface area (Å²) >= 11 is 6.11. The van der Waals surface area contributed by atoms with Crippen LogP contribution < -0.4 is 10.2 Å². The molecule has 2 atom stereocenters. The monoisotopic (exact) mass is 450 g/mol. The number of fused-ring (bicyclic) bond motifs is 1. The molecular weight excluding hydrogens is 437 g/mol. The van der Waals surface area contributed by atoms with Crippen LogP contribution in [-0.4, -0.2) is 39.3 Å². The number of methoxy groups -OCH3 is 1. The normalized spacial score (nSPS) is 18.6. The largest absolute Gasteiger partial charge is 0.497 e. The lowest BCUT2D eigenvalue weighted by Crippen LogP contribution is -2.63. The predicted octanol–water partition coefficient (Wildman–Crippen LogP) is 3.49. The fourth-order valence-electron chi connectivity index (χ4n) is 3.26. The quantitative estimate of drug-likeness (QED) is 0.486. The predicted molar refractivity (Wildman–Crippen MR) is 104 cm³/mol. The van der Waals surface area contributed by atoms with Crippen LogP contribution in [0.5, 0.6) is 5.75 Å². The van der Waals surface area contributed by atoms with E-state index in [0.29, 0.717) is 11.3 Å². The highest BCUT2D eigenvalue weighted by Crippen LogP contribution is 2.38. The second kappa shape index (κ2) is 7.69. The van der Waals surface area contributed by atoms with Gasteiger partial charge in [-0.3, -0.25) is 15.0 Å². The number of hydrazine groups is 1. The van der Waals surface area contributed by atoms with Crippen LogP contribution in [0.1, 0.15) is 27.7 Å². The first-order chi connectivity index (χ1) is 14.7. The molecule has 4 rings (SSSR count). The Bertz CT molecular complexity index is 1170. The number of ether oxygens (including phenoxy) is 1. The number of alkyl halides is 4. The molecule has 1 fully saturated rings. The Balaban J connectivity index is 1.66. The Labute approximate surface area is 178 Å². The molecule has 0 saturated carbocycles. The maximum atomic E-state index is 13.5. The van der Waals surface area contributed by atoms with Gasteiger partial charge in [0.1, 0.15) is 17.2 Å². The number of nitrogens with one attached hydrogen (secondary N) is 1. The summed E-state index contributed by atoms with van der Waals surface area (Å²) in [7, 11) is 1.49. The van der Waals surface area contributed by atoms with E-state index in [2.05, 4.69) is 15.4 Å². The molecule has 2 unspecified atom stereocenters. The van der Waals surface area contributed by atoms with Crippen LogP contribution >= 0.6 is 11.6 Å². The van der Waals surface area contributed by atoms with Crippen LogP contribution in [-0.2, 0) is 11.0 Å². The lowest BCUT2D eigenvalue weighted by molar-refractivity contribution is -0.149. The van der Waals surface area contributed by atoms with Gasteiger partial charge in [-0.2, -0.15) is 13.2 Å². The highest BCUT2D eigenvalue weighted by Gasteiger charge is 2.49. The third-order valence-electron chi connectivity index (χ3n) is 4.81. The summed E-state index contributed by atoms with van der Waals surface area (Å²) in [5.74, 6) is -1.21. The molecule has 1 saturated heterocycles. The number of nitrogens with zero attached hydrogens (tertiary/aromatic N) is 3. The molecule has 1 aliphatic heterocycles. The molecule has 0 spiro atoms. The molecule has 7 nitrogen and oxygen atoms in total. The van der Waals surface area contributed by atoms with E-state index in [0.717, 1.165) is 11.1 Å². The van der Waals surface area contributed by atoms with Crippen LogP contribution in [0.2, 0.25) is 0 Å². The van der Waals surface area contributed by atoms with Crippen LogP contribution in [0.3, 0.4) is 0 Å². The number of β-lactam (4-membered cyclic amide) rings is 1. The minimum absolute atomic E-state index is 0.150. The number of carbonyl (C=O) groups is 2. The molecule has 11 heteroatoms. The van der Waals surface area contributed by atoms with Crippen molar-refractivity contribution in [3.8, 4) is 5.75 Å². The molecule has 3 aromatic rings. The molecule has 2 aromatic heterocycles. The summed E-state index contributed by atoms with van der Waals surface area (Å²) in [6, 6.07) is 9.86. The van der Waals surface area contributed by atoms with Gasteiger partial charge in [0.2, 0.25) is 0 Å². The zero-order valence-electron chi connectivity index (χ0n) is 15.9. The minimum atomic E-state index is -4.90. The van der Waals surface area contributed by atoms with Crippen molar-refractivity contribution < 1.29 is 27.5 Å². The van der Waals surface area contributed by atoms with Crippen molar-refractivity contribution in [2.45, 2.75) is 17.6 Å². The molecular formula is C20H14ClF3N4O3. The van der Waals surface area contributed by atoms with Crippen LogP contribution in [0.15, 0.2) is 48.7 Å². The van der Waals surface area contributed by atoms with E-state index in [1.807, 2.05) is 0 Å². The summed E-state index contributed by atoms with van der Waals surface area (Å²) in [5.41, 5.74) is 0.542. The van der Waals surface area contributed by atoms with Gasteiger partial charge >= 0.3 is 6.18 Å². The number of carbonyl (C=O) groups excluding carboxylic acids is 2. The van der Waals surface area contributed by atoms with Gasteiger partial charge in [-0.25, -0.2) is 15.0 Å². The Morgan fingerprint density at radius 3 is 2.58 bits per heavy atom. The van der Waals surface area contributed by atoms with Crippen molar-refractivity contribution in [2.24, 2.45) is 0 Å². The molecule has 2 amide bonds. The van der Waals surface area contributed by atoms with Crippen LogP contribution in [0, 0.1) is 0 Å². The Morgan fingerprint density at radius 2 is 1.94 bits per heavy atom. The van der Waals surface area contributed by atoms with Gasteiger partial charge < -0.3 is 4.74 Å². The molecule has 0 aliphatic carbocycles. The maximum Gasteiger partial charge on any atom is 0.434 e. The second-order valence-electron chi connectivity index (χ2n) is 6.70. The van der Waals surface area contributed by atoms with Gasteiger partial charge in [0.15, 0.2) is 11.3 Å². The number of pyridine rings is 2. The summed E-state index contributed by atoms with van der Waals surface area (Å²) in [5, 5.41) is 0.183. The van der Waals surface area contributed by atoms with Gasteiger partial charge in [-0.05, 0) is 35.9 Å². The highest BCUT2D eigenvalue weighted by atomic mass is 35.5. The molecule has 160 valence electrons. The summed E-state index contributed by atoms with van der Waals surface area (Å²) < 4.78 is 45.7. The highest BCUT2D eigenvalue weighted by molar-refractivity contribution is 6.33. The van der Waals surface area contributed by atoms with E-state index >= 15 is 0 Å². The number of benzene rings is 1. The van der Waals surface area contributed by atoms with Crippen molar-refractivity contribution in [1.29, 1.82) is 0 Å². The van der Waals surface area contributed by atoms with E-state index in [1.165, 1.54) is 25.4 Å². The van der Waals surface area contributed by atoms with E-state index in [4.69, 9.17) is 16.3 Å². The molecule has 1 aromatic carbocycles. The first kappa shape index (κ1) is 20.9. The number of hydrogen-bond donors (Lipinski definition) is 1. The number of amides is 2. The maximum absolute atomic E-state index is 13.5. The Hall–Kier alpha value is -3.40. The van der Waals surface area contributed by atoms with Crippen molar-refractivity contribution in [2.75, 3.05) is 7.11 Å². The van der Waals surface area contributed by atoms with Gasteiger partial charge in [-0.1, -0.05) is 12.1 Å². The van der Waals surface area contributed by atoms with Crippen molar-refractivity contribution in [3.05, 3.63) is 65.5 Å². The van der Waals surface area contributed by atoms with Crippen molar-refractivity contribution >= 4 is 34.4 Å². The van der Waals surface area contributed by atoms with Gasteiger partial charge in [0.05, 0.1) is 12.7 Å². The Kier molecular flexibility index (Phi) is 5.18. The SMILES string of the molecule is COc1ccc(C2C(Cl)C(=O)N2NC(=O)c2cc3cccnc3nc2C(F)(F)F)cc1. The van der Waals surface area contributed by atoms with E-state index in [1.54, 1.807) is 24.3 Å². The van der Waals surface area contributed by atoms with Crippen LogP contribution in [0.4, 0.5) is 13.2 Å². The molecule has 0 radical (unpaired) electrons. The average molecular weight is 451 g/mol. The van der Waals surface area contributed by atoms with Crippen molar-refractivity contribution in [3.63, 3.8) is 0 Å². The summed E-state index contributed by atoms with van der Waals surface area (Å²) in [6.45, 7) is 0.